The van der Waals surface area contributed by atoms with Crippen molar-refractivity contribution in [2.75, 3.05) is 6.54 Å². The van der Waals surface area contributed by atoms with Crippen LogP contribution in [0.2, 0.25) is 0 Å². The zero-order chi connectivity index (χ0) is 11.4. The van der Waals surface area contributed by atoms with E-state index >= 15 is 0 Å². The molecule has 0 saturated carbocycles. The number of Topliss-reactive ketones (excluding diaryl/α,β-unsaturated/α-hetero) is 1. The molecule has 84 valence electrons. The van der Waals surface area contributed by atoms with Crippen molar-refractivity contribution in [1.29, 1.82) is 0 Å². The first-order valence-corrected chi connectivity index (χ1v) is 4.88. The molecule has 1 aliphatic heterocycles. The fourth-order valence-corrected chi connectivity index (χ4v) is 1.66. The minimum atomic E-state index is -0.876. The lowest BCUT2D eigenvalue weighted by Gasteiger charge is -2.15. The molecule has 2 amide bonds. The van der Waals surface area contributed by atoms with Gasteiger partial charge in [0.1, 0.15) is 0 Å². The van der Waals surface area contributed by atoms with Gasteiger partial charge in [0.25, 0.3) is 0 Å². The van der Waals surface area contributed by atoms with E-state index in [4.69, 9.17) is 11.5 Å². The van der Waals surface area contributed by atoms with Crippen molar-refractivity contribution in [3.8, 4) is 0 Å². The molecule has 1 heterocycles. The summed E-state index contributed by atoms with van der Waals surface area (Å²) >= 11 is 0. The summed E-state index contributed by atoms with van der Waals surface area (Å²) in [5.74, 6) is -2.03. The van der Waals surface area contributed by atoms with E-state index in [0.717, 1.165) is 0 Å². The van der Waals surface area contributed by atoms with Crippen molar-refractivity contribution in [3.05, 3.63) is 0 Å². The largest absolute Gasteiger partial charge is 0.369 e. The van der Waals surface area contributed by atoms with Gasteiger partial charge in [-0.25, -0.2) is 0 Å². The average Bonchev–Trinajstić information content (AvgIpc) is 2.59. The molecule has 0 aromatic carbocycles. The molecular weight excluding hydrogens is 198 g/mol. The second kappa shape index (κ2) is 4.88. The highest BCUT2D eigenvalue weighted by atomic mass is 16.2. The number of primary amides is 1. The van der Waals surface area contributed by atoms with E-state index in [1.807, 2.05) is 0 Å². The molecule has 0 aromatic rings. The third kappa shape index (κ3) is 2.76. The van der Waals surface area contributed by atoms with E-state index in [2.05, 4.69) is 5.32 Å². The third-order valence-corrected chi connectivity index (χ3v) is 2.48. The van der Waals surface area contributed by atoms with Gasteiger partial charge in [0.15, 0.2) is 5.78 Å². The van der Waals surface area contributed by atoms with Crippen LogP contribution < -0.4 is 16.8 Å². The number of nitrogens with two attached hydrogens (primary N) is 2. The molecule has 5 N–H and O–H groups in total. The van der Waals surface area contributed by atoms with Gasteiger partial charge in [-0.2, -0.15) is 0 Å². The van der Waals surface area contributed by atoms with Gasteiger partial charge in [-0.1, -0.05) is 0 Å². The molecule has 1 saturated heterocycles. The molecule has 0 bridgehead atoms. The van der Waals surface area contributed by atoms with E-state index < -0.39 is 17.9 Å². The van der Waals surface area contributed by atoms with Gasteiger partial charge in [0, 0.05) is 6.42 Å². The minimum absolute atomic E-state index is 0.163. The molecule has 2 atom stereocenters. The zero-order valence-corrected chi connectivity index (χ0v) is 8.36. The molecule has 1 aliphatic rings. The smallest absolute Gasteiger partial charge is 0.228 e. The highest BCUT2D eigenvalue weighted by molar-refractivity contribution is 6.05. The number of carbonyl (C=O) groups is 3. The van der Waals surface area contributed by atoms with Gasteiger partial charge in [0.05, 0.1) is 12.0 Å². The molecule has 0 radical (unpaired) electrons. The van der Waals surface area contributed by atoms with Crippen LogP contribution in [0.3, 0.4) is 0 Å². The summed E-state index contributed by atoms with van der Waals surface area (Å²) in [7, 11) is 0. The first kappa shape index (κ1) is 11.6. The third-order valence-electron chi connectivity index (χ3n) is 2.48. The van der Waals surface area contributed by atoms with E-state index in [9.17, 15) is 14.4 Å². The Morgan fingerprint density at radius 3 is 2.60 bits per heavy atom. The van der Waals surface area contributed by atoms with E-state index in [-0.39, 0.29) is 24.7 Å². The van der Waals surface area contributed by atoms with E-state index in [1.165, 1.54) is 0 Å². The van der Waals surface area contributed by atoms with Crippen LogP contribution in [0.4, 0.5) is 0 Å². The number of ketones is 1. The Bertz CT molecular complexity index is 290. The monoisotopic (exact) mass is 213 g/mol. The Labute approximate surface area is 87.4 Å². The SMILES string of the molecule is NCCC(C(N)=O)C(=O)C1CCC(=O)N1. The molecular formula is C9H15N3O3. The highest BCUT2D eigenvalue weighted by Crippen LogP contribution is 2.14. The summed E-state index contributed by atoms with van der Waals surface area (Å²) in [6.45, 7) is 0.222. The second-order valence-corrected chi connectivity index (χ2v) is 3.59. The maximum absolute atomic E-state index is 11.8. The summed E-state index contributed by atoms with van der Waals surface area (Å²) in [5, 5.41) is 2.51. The van der Waals surface area contributed by atoms with Crippen molar-refractivity contribution in [1.82, 2.24) is 5.32 Å². The number of rotatable bonds is 5. The summed E-state index contributed by atoms with van der Waals surface area (Å²) in [5.41, 5.74) is 10.4. The average molecular weight is 213 g/mol. The molecule has 0 aromatic heterocycles. The molecule has 6 nitrogen and oxygen atoms in total. The molecule has 0 spiro atoms. The van der Waals surface area contributed by atoms with Crippen molar-refractivity contribution >= 4 is 17.6 Å². The summed E-state index contributed by atoms with van der Waals surface area (Å²) in [4.78, 5) is 33.7. The molecule has 2 unspecified atom stereocenters. The Hall–Kier alpha value is -1.43. The summed E-state index contributed by atoms with van der Waals surface area (Å²) < 4.78 is 0. The predicted octanol–water partition coefficient (Wildman–Crippen LogP) is -1.72. The summed E-state index contributed by atoms with van der Waals surface area (Å²) in [6.07, 6.45) is 0.997. The topological polar surface area (TPSA) is 115 Å². The van der Waals surface area contributed by atoms with Crippen LogP contribution in [0, 0.1) is 5.92 Å². The number of nitrogens with one attached hydrogen (secondary N) is 1. The van der Waals surface area contributed by atoms with Crippen molar-refractivity contribution < 1.29 is 14.4 Å². The van der Waals surface area contributed by atoms with Crippen LogP contribution in [0.25, 0.3) is 0 Å². The Morgan fingerprint density at radius 2 is 2.20 bits per heavy atom. The van der Waals surface area contributed by atoms with Crippen LogP contribution >= 0.6 is 0 Å². The molecule has 15 heavy (non-hydrogen) atoms. The van der Waals surface area contributed by atoms with Gasteiger partial charge in [0.2, 0.25) is 11.8 Å². The lowest BCUT2D eigenvalue weighted by Crippen LogP contribution is -2.43. The fraction of sp³-hybridized carbons (Fsp3) is 0.667. The molecule has 1 rings (SSSR count). The fourth-order valence-electron chi connectivity index (χ4n) is 1.66. The quantitative estimate of drug-likeness (QED) is 0.471. The van der Waals surface area contributed by atoms with Crippen LogP contribution in [0.5, 0.6) is 0 Å². The Kier molecular flexibility index (Phi) is 3.79. The maximum atomic E-state index is 11.8. The maximum Gasteiger partial charge on any atom is 0.228 e. The number of amides is 2. The van der Waals surface area contributed by atoms with E-state index in [0.29, 0.717) is 12.8 Å². The van der Waals surface area contributed by atoms with Crippen LogP contribution in [-0.4, -0.2) is 30.2 Å². The van der Waals surface area contributed by atoms with Crippen LogP contribution in [0.15, 0.2) is 0 Å². The zero-order valence-electron chi connectivity index (χ0n) is 8.36. The highest BCUT2D eigenvalue weighted by Gasteiger charge is 2.34. The molecule has 6 heteroatoms. The number of carbonyl (C=O) groups excluding carboxylic acids is 3. The van der Waals surface area contributed by atoms with Crippen LogP contribution in [0.1, 0.15) is 19.3 Å². The second-order valence-electron chi connectivity index (χ2n) is 3.59. The Balaban J connectivity index is 2.63. The van der Waals surface area contributed by atoms with Crippen molar-refractivity contribution in [2.24, 2.45) is 17.4 Å². The standard InChI is InChI=1S/C9H15N3O3/c10-4-3-5(9(11)15)8(14)6-1-2-7(13)12-6/h5-6H,1-4,10H2,(H2,11,15)(H,12,13). The van der Waals surface area contributed by atoms with Gasteiger partial charge >= 0.3 is 0 Å². The number of hydrogen-bond donors (Lipinski definition) is 3. The first-order chi connectivity index (χ1) is 7.06. The van der Waals surface area contributed by atoms with E-state index in [1.54, 1.807) is 0 Å². The first-order valence-electron chi connectivity index (χ1n) is 4.88. The van der Waals surface area contributed by atoms with Crippen molar-refractivity contribution in [2.45, 2.75) is 25.3 Å². The van der Waals surface area contributed by atoms with Gasteiger partial charge in [-0.3, -0.25) is 14.4 Å². The molecule has 1 fully saturated rings. The van der Waals surface area contributed by atoms with Gasteiger partial charge in [-0.15, -0.1) is 0 Å². The lowest BCUT2D eigenvalue weighted by molar-refractivity contribution is -0.134. The summed E-state index contributed by atoms with van der Waals surface area (Å²) in [6, 6.07) is -0.568. The van der Waals surface area contributed by atoms with Gasteiger partial charge < -0.3 is 16.8 Å². The van der Waals surface area contributed by atoms with Crippen molar-refractivity contribution in [3.63, 3.8) is 0 Å². The number of hydrogen-bond acceptors (Lipinski definition) is 4. The lowest BCUT2D eigenvalue weighted by atomic mass is 9.93. The predicted molar refractivity (Wildman–Crippen MR) is 52.5 cm³/mol. The minimum Gasteiger partial charge on any atom is -0.369 e. The Morgan fingerprint density at radius 1 is 1.53 bits per heavy atom. The normalized spacial score (nSPS) is 22.2. The molecule has 0 aliphatic carbocycles. The van der Waals surface area contributed by atoms with Gasteiger partial charge in [-0.05, 0) is 19.4 Å². The van der Waals surface area contributed by atoms with Crippen LogP contribution in [-0.2, 0) is 14.4 Å².